The molecule has 0 radical (unpaired) electrons. The number of hydrogen-bond acceptors (Lipinski definition) is 4. The number of phenolic OH excluding ortho intramolecular Hbond substituents is 2. The highest BCUT2D eigenvalue weighted by Crippen LogP contribution is 2.38. The van der Waals surface area contributed by atoms with E-state index in [0.29, 0.717) is 0 Å². The lowest BCUT2D eigenvalue weighted by atomic mass is 10.1. The molecule has 0 aliphatic carbocycles. The van der Waals surface area contributed by atoms with E-state index in [2.05, 4.69) is 5.10 Å². The number of aromatic nitrogens is 2. The van der Waals surface area contributed by atoms with E-state index in [4.69, 9.17) is 5.11 Å². The van der Waals surface area contributed by atoms with Crippen LogP contribution in [0, 0.1) is 5.82 Å². The number of benzene rings is 1. The summed E-state index contributed by atoms with van der Waals surface area (Å²) in [5.41, 5.74) is 0.132. The van der Waals surface area contributed by atoms with Crippen molar-refractivity contribution in [1.82, 2.24) is 9.78 Å². The van der Waals surface area contributed by atoms with E-state index in [1.165, 1.54) is 23.9 Å². The molecule has 0 aliphatic rings. The number of aryl methyl sites for hydroxylation is 1. The lowest BCUT2D eigenvalue weighted by molar-refractivity contribution is 0.0689. The van der Waals surface area contributed by atoms with Crippen LogP contribution in [0.3, 0.4) is 0 Å². The zero-order valence-electron chi connectivity index (χ0n) is 9.25. The minimum absolute atomic E-state index is 0.0939. The minimum atomic E-state index is -1.22. The highest BCUT2D eigenvalue weighted by atomic mass is 19.1. The lowest BCUT2D eigenvalue weighted by Gasteiger charge is -2.06. The maximum atomic E-state index is 13.0. The van der Waals surface area contributed by atoms with Gasteiger partial charge in [0.1, 0.15) is 0 Å². The second-order valence-corrected chi connectivity index (χ2v) is 3.64. The molecule has 2 rings (SSSR count). The highest BCUT2D eigenvalue weighted by molar-refractivity contribution is 5.87. The van der Waals surface area contributed by atoms with Crippen LogP contribution in [0.4, 0.5) is 4.39 Å². The Morgan fingerprint density at radius 3 is 2.56 bits per heavy atom. The molecule has 1 aromatic carbocycles. The summed E-state index contributed by atoms with van der Waals surface area (Å²) in [6, 6.07) is 3.42. The van der Waals surface area contributed by atoms with Crippen LogP contribution < -0.4 is 0 Å². The first-order valence-corrected chi connectivity index (χ1v) is 4.90. The number of nitrogens with zero attached hydrogens (tertiary/aromatic N) is 2. The van der Waals surface area contributed by atoms with Gasteiger partial charge in [0, 0.05) is 12.6 Å². The van der Waals surface area contributed by atoms with Crippen molar-refractivity contribution in [3.8, 4) is 22.8 Å². The van der Waals surface area contributed by atoms with Crippen molar-refractivity contribution >= 4 is 5.97 Å². The molecule has 3 N–H and O–H groups in total. The summed E-state index contributed by atoms with van der Waals surface area (Å²) in [5.74, 6) is -3.72. The van der Waals surface area contributed by atoms with Gasteiger partial charge in [-0.15, -0.1) is 0 Å². The van der Waals surface area contributed by atoms with Crippen LogP contribution in [0.15, 0.2) is 18.2 Å². The number of hydrogen-bond donors (Lipinski definition) is 3. The molecular formula is C11H9FN2O4. The van der Waals surface area contributed by atoms with Gasteiger partial charge in [-0.3, -0.25) is 4.68 Å². The van der Waals surface area contributed by atoms with E-state index in [9.17, 15) is 19.4 Å². The Hall–Kier alpha value is -2.57. The molecule has 0 fully saturated rings. The Balaban J connectivity index is 2.62. The lowest BCUT2D eigenvalue weighted by Crippen LogP contribution is -1.99. The first-order chi connectivity index (χ1) is 8.41. The smallest absolute Gasteiger partial charge is 0.356 e. The maximum absolute atomic E-state index is 13.0. The Bertz CT molecular complexity index is 636. The summed E-state index contributed by atoms with van der Waals surface area (Å²) in [6.07, 6.45) is 0. The topological polar surface area (TPSA) is 95.6 Å². The molecule has 0 saturated carbocycles. The first kappa shape index (κ1) is 11.9. The number of aromatic carboxylic acids is 1. The highest BCUT2D eigenvalue weighted by Gasteiger charge is 2.18. The standard InChI is InChI=1S/C11H9FN2O4/c1-14-8(4-7(13-14)11(17)18)5-2-3-6(12)10(16)9(5)15/h2-4,15-16H,1H3,(H,17,18). The van der Waals surface area contributed by atoms with Gasteiger partial charge in [-0.05, 0) is 18.2 Å². The van der Waals surface area contributed by atoms with Gasteiger partial charge in [0.2, 0.25) is 0 Å². The third-order valence-electron chi connectivity index (χ3n) is 2.48. The number of halogens is 1. The molecule has 94 valence electrons. The molecule has 7 heteroatoms. The number of carboxylic acids is 1. The Morgan fingerprint density at radius 2 is 2.00 bits per heavy atom. The predicted molar refractivity (Wildman–Crippen MR) is 58.9 cm³/mol. The molecule has 0 spiro atoms. The van der Waals surface area contributed by atoms with Gasteiger partial charge in [-0.2, -0.15) is 5.10 Å². The maximum Gasteiger partial charge on any atom is 0.356 e. The summed E-state index contributed by atoms with van der Waals surface area (Å²) in [4.78, 5) is 10.8. The summed E-state index contributed by atoms with van der Waals surface area (Å²) < 4.78 is 14.2. The number of aromatic hydroxyl groups is 2. The molecule has 2 aromatic rings. The van der Waals surface area contributed by atoms with E-state index in [-0.39, 0.29) is 17.0 Å². The quantitative estimate of drug-likeness (QED) is 0.701. The van der Waals surface area contributed by atoms with Crippen molar-refractivity contribution in [1.29, 1.82) is 0 Å². The van der Waals surface area contributed by atoms with Crippen LogP contribution in [0.2, 0.25) is 0 Å². The first-order valence-electron chi connectivity index (χ1n) is 4.90. The zero-order valence-corrected chi connectivity index (χ0v) is 9.25. The van der Waals surface area contributed by atoms with Gasteiger partial charge in [0.05, 0.1) is 5.69 Å². The normalized spacial score (nSPS) is 10.6. The number of carboxylic acid groups (broad SMARTS) is 1. The molecule has 1 heterocycles. The average molecular weight is 252 g/mol. The number of rotatable bonds is 2. The van der Waals surface area contributed by atoms with Crippen molar-refractivity contribution in [3.63, 3.8) is 0 Å². The van der Waals surface area contributed by atoms with Crippen molar-refractivity contribution in [3.05, 3.63) is 29.7 Å². The average Bonchev–Trinajstić information content (AvgIpc) is 2.69. The number of carbonyl (C=O) groups is 1. The van der Waals surface area contributed by atoms with E-state index >= 15 is 0 Å². The molecule has 1 aromatic heterocycles. The van der Waals surface area contributed by atoms with Crippen molar-refractivity contribution in [2.75, 3.05) is 0 Å². The van der Waals surface area contributed by atoms with Crippen molar-refractivity contribution in [2.24, 2.45) is 7.05 Å². The van der Waals surface area contributed by atoms with Gasteiger partial charge >= 0.3 is 5.97 Å². The van der Waals surface area contributed by atoms with Gasteiger partial charge in [-0.1, -0.05) is 0 Å². The Kier molecular flexibility index (Phi) is 2.66. The summed E-state index contributed by atoms with van der Waals surface area (Å²) >= 11 is 0. The van der Waals surface area contributed by atoms with Gasteiger partial charge in [0.25, 0.3) is 0 Å². The molecule has 0 atom stereocenters. The summed E-state index contributed by atoms with van der Waals surface area (Å²) in [7, 11) is 1.47. The van der Waals surface area contributed by atoms with E-state index in [1.54, 1.807) is 0 Å². The molecule has 0 bridgehead atoms. The SMILES string of the molecule is Cn1nc(C(=O)O)cc1-c1ccc(F)c(O)c1O. The van der Waals surface area contributed by atoms with Gasteiger partial charge in [-0.25, -0.2) is 9.18 Å². The molecular weight excluding hydrogens is 243 g/mol. The summed E-state index contributed by atoms with van der Waals surface area (Å²) in [6.45, 7) is 0. The predicted octanol–water partition coefficient (Wildman–Crippen LogP) is 1.34. The molecule has 0 saturated heterocycles. The Morgan fingerprint density at radius 1 is 1.33 bits per heavy atom. The van der Waals surface area contributed by atoms with Crippen LogP contribution in [-0.4, -0.2) is 31.1 Å². The second-order valence-electron chi connectivity index (χ2n) is 3.64. The Labute approximate surface area is 101 Å². The zero-order chi connectivity index (χ0) is 13.4. The monoisotopic (exact) mass is 252 g/mol. The molecule has 18 heavy (non-hydrogen) atoms. The largest absolute Gasteiger partial charge is 0.504 e. The van der Waals surface area contributed by atoms with Crippen LogP contribution in [0.5, 0.6) is 11.5 Å². The van der Waals surface area contributed by atoms with E-state index < -0.39 is 23.3 Å². The fraction of sp³-hybridized carbons (Fsp3) is 0.0909. The van der Waals surface area contributed by atoms with E-state index in [0.717, 1.165) is 6.07 Å². The molecule has 6 nitrogen and oxygen atoms in total. The van der Waals surface area contributed by atoms with Crippen molar-refractivity contribution in [2.45, 2.75) is 0 Å². The van der Waals surface area contributed by atoms with Crippen LogP contribution >= 0.6 is 0 Å². The van der Waals surface area contributed by atoms with Crippen LogP contribution in [0.25, 0.3) is 11.3 Å². The molecule has 0 amide bonds. The van der Waals surface area contributed by atoms with Gasteiger partial charge < -0.3 is 15.3 Å². The fourth-order valence-corrected chi connectivity index (χ4v) is 1.59. The van der Waals surface area contributed by atoms with Crippen LogP contribution in [0.1, 0.15) is 10.5 Å². The van der Waals surface area contributed by atoms with Crippen molar-refractivity contribution < 1.29 is 24.5 Å². The molecule has 0 aliphatic heterocycles. The minimum Gasteiger partial charge on any atom is -0.504 e. The van der Waals surface area contributed by atoms with Crippen LogP contribution in [-0.2, 0) is 7.05 Å². The third-order valence-corrected chi connectivity index (χ3v) is 2.48. The third kappa shape index (κ3) is 1.75. The van der Waals surface area contributed by atoms with E-state index in [1.807, 2.05) is 0 Å². The second kappa shape index (κ2) is 4.02. The fourth-order valence-electron chi connectivity index (χ4n) is 1.59. The summed E-state index contributed by atoms with van der Waals surface area (Å²) in [5, 5.41) is 31.4. The van der Waals surface area contributed by atoms with Gasteiger partial charge in [0.15, 0.2) is 23.0 Å². The molecule has 0 unspecified atom stereocenters. The number of phenols is 2.